The van der Waals surface area contributed by atoms with E-state index in [0.717, 1.165) is 42.5 Å². The molecule has 0 saturated carbocycles. The summed E-state index contributed by atoms with van der Waals surface area (Å²) in [5.41, 5.74) is 9.03. The van der Waals surface area contributed by atoms with Crippen LogP contribution >= 0.6 is 11.6 Å². The van der Waals surface area contributed by atoms with Crippen LogP contribution in [0.15, 0.2) is 12.1 Å². The molecule has 0 spiro atoms. The van der Waals surface area contributed by atoms with E-state index in [0.29, 0.717) is 28.2 Å². The molecule has 2 N–H and O–H groups in total. The van der Waals surface area contributed by atoms with E-state index in [1.807, 2.05) is 6.07 Å². The topological polar surface area (TPSA) is 70.3 Å². The fourth-order valence-corrected chi connectivity index (χ4v) is 3.11. The van der Waals surface area contributed by atoms with Crippen molar-refractivity contribution in [1.29, 1.82) is 0 Å². The molecule has 21 heavy (non-hydrogen) atoms. The van der Waals surface area contributed by atoms with Crippen LogP contribution in [-0.4, -0.2) is 16.8 Å². The summed E-state index contributed by atoms with van der Waals surface area (Å²) >= 11 is 6.22. The van der Waals surface area contributed by atoms with Crippen molar-refractivity contribution < 1.29 is 9.47 Å². The summed E-state index contributed by atoms with van der Waals surface area (Å²) in [7, 11) is 0. The van der Waals surface area contributed by atoms with Gasteiger partial charge in [0.15, 0.2) is 17.3 Å². The Kier molecular flexibility index (Phi) is 2.89. The number of hydrogen-bond acceptors (Lipinski definition) is 5. The van der Waals surface area contributed by atoms with E-state index in [-0.39, 0.29) is 6.79 Å². The Balaban J connectivity index is 1.84. The Morgan fingerprint density at radius 2 is 1.95 bits per heavy atom. The number of aryl methyl sites for hydroxylation is 1. The minimum atomic E-state index is 0.186. The molecule has 0 unspecified atom stereocenters. The van der Waals surface area contributed by atoms with Crippen LogP contribution in [0.5, 0.6) is 11.5 Å². The van der Waals surface area contributed by atoms with Gasteiger partial charge in [0.25, 0.3) is 0 Å². The molecule has 0 amide bonds. The maximum absolute atomic E-state index is 6.22. The van der Waals surface area contributed by atoms with Crippen LogP contribution in [0.2, 0.25) is 5.02 Å². The fourth-order valence-electron chi connectivity index (χ4n) is 2.85. The van der Waals surface area contributed by atoms with E-state index in [9.17, 15) is 0 Å². The van der Waals surface area contributed by atoms with E-state index in [4.69, 9.17) is 26.8 Å². The normalized spacial score (nSPS) is 15.9. The predicted molar refractivity (Wildman–Crippen MR) is 79.7 cm³/mol. The highest BCUT2D eigenvalue weighted by Crippen LogP contribution is 2.42. The number of aromatic nitrogens is 2. The lowest BCUT2D eigenvalue weighted by Gasteiger charge is -2.17. The molecule has 0 fully saturated rings. The Morgan fingerprint density at radius 1 is 1.10 bits per heavy atom. The molecule has 1 aliphatic carbocycles. The highest BCUT2D eigenvalue weighted by Gasteiger charge is 2.21. The minimum Gasteiger partial charge on any atom is -0.454 e. The number of nitrogen functional groups attached to an aromatic ring is 1. The van der Waals surface area contributed by atoms with Crippen molar-refractivity contribution >= 4 is 17.4 Å². The second-order valence-corrected chi connectivity index (χ2v) is 5.66. The summed E-state index contributed by atoms with van der Waals surface area (Å²) in [6.07, 6.45) is 4.21. The van der Waals surface area contributed by atoms with E-state index in [2.05, 4.69) is 9.97 Å². The van der Waals surface area contributed by atoms with Gasteiger partial charge in [-0.15, -0.1) is 0 Å². The molecular formula is C15H14ClN3O2. The molecule has 2 aromatic rings. The summed E-state index contributed by atoms with van der Waals surface area (Å²) in [4.78, 5) is 9.10. The molecule has 5 nitrogen and oxygen atoms in total. The predicted octanol–water partition coefficient (Wildman–Crippen LogP) is 2.99. The molecule has 6 heteroatoms. The zero-order chi connectivity index (χ0) is 14.4. The van der Waals surface area contributed by atoms with Gasteiger partial charge in [-0.3, -0.25) is 0 Å². The lowest BCUT2D eigenvalue weighted by Crippen LogP contribution is -2.11. The van der Waals surface area contributed by atoms with Crippen LogP contribution in [0.4, 0.5) is 5.82 Å². The van der Waals surface area contributed by atoms with Gasteiger partial charge in [-0.25, -0.2) is 9.97 Å². The number of fused-ring (bicyclic) bond motifs is 2. The number of nitrogens with two attached hydrogens (primary N) is 1. The lowest BCUT2D eigenvalue weighted by atomic mass is 9.96. The largest absolute Gasteiger partial charge is 0.454 e. The first kappa shape index (κ1) is 12.7. The Bertz CT molecular complexity index is 733. The lowest BCUT2D eigenvalue weighted by molar-refractivity contribution is 0.174. The Hall–Kier alpha value is -2.01. The molecule has 0 saturated heterocycles. The molecular weight excluding hydrogens is 290 g/mol. The summed E-state index contributed by atoms with van der Waals surface area (Å²) in [5.74, 6) is 2.36. The van der Waals surface area contributed by atoms with Crippen LogP contribution in [0, 0.1) is 0 Å². The fraction of sp³-hybridized carbons (Fsp3) is 0.333. The van der Waals surface area contributed by atoms with Crippen molar-refractivity contribution in [3.8, 4) is 22.9 Å². The van der Waals surface area contributed by atoms with Crippen LogP contribution in [-0.2, 0) is 12.8 Å². The van der Waals surface area contributed by atoms with Crippen molar-refractivity contribution in [3.63, 3.8) is 0 Å². The first-order chi connectivity index (χ1) is 10.2. The van der Waals surface area contributed by atoms with Gasteiger partial charge in [0.05, 0.1) is 5.02 Å². The van der Waals surface area contributed by atoms with Crippen molar-refractivity contribution in [3.05, 3.63) is 28.4 Å². The first-order valence-electron chi connectivity index (χ1n) is 6.97. The minimum absolute atomic E-state index is 0.186. The molecule has 0 atom stereocenters. The molecule has 1 aromatic carbocycles. The van der Waals surface area contributed by atoms with Crippen LogP contribution < -0.4 is 15.2 Å². The molecule has 1 aliphatic heterocycles. The molecule has 0 bridgehead atoms. The van der Waals surface area contributed by atoms with E-state index in [1.54, 1.807) is 6.07 Å². The number of benzene rings is 1. The van der Waals surface area contributed by atoms with Crippen LogP contribution in [0.1, 0.15) is 24.1 Å². The average molecular weight is 304 g/mol. The van der Waals surface area contributed by atoms with Gasteiger partial charge >= 0.3 is 0 Å². The third-order valence-electron chi connectivity index (χ3n) is 3.90. The number of hydrogen-bond donors (Lipinski definition) is 1. The van der Waals surface area contributed by atoms with Gasteiger partial charge < -0.3 is 15.2 Å². The quantitative estimate of drug-likeness (QED) is 0.877. The van der Waals surface area contributed by atoms with Crippen molar-refractivity contribution in [2.45, 2.75) is 25.7 Å². The van der Waals surface area contributed by atoms with Gasteiger partial charge in [-0.1, -0.05) is 11.6 Å². The first-order valence-corrected chi connectivity index (χ1v) is 7.35. The van der Waals surface area contributed by atoms with Crippen LogP contribution in [0.3, 0.4) is 0 Å². The molecule has 4 rings (SSSR count). The molecule has 108 valence electrons. The smallest absolute Gasteiger partial charge is 0.231 e. The Morgan fingerprint density at radius 3 is 2.86 bits per heavy atom. The zero-order valence-electron chi connectivity index (χ0n) is 11.4. The van der Waals surface area contributed by atoms with Crippen molar-refractivity contribution in [2.24, 2.45) is 0 Å². The number of anilines is 1. The van der Waals surface area contributed by atoms with Gasteiger partial charge in [0, 0.05) is 16.8 Å². The average Bonchev–Trinajstić information content (AvgIpc) is 2.96. The highest BCUT2D eigenvalue weighted by molar-refractivity contribution is 6.32. The number of ether oxygens (including phenoxy) is 2. The number of nitrogens with zero attached hydrogens (tertiary/aromatic N) is 2. The van der Waals surface area contributed by atoms with Crippen molar-refractivity contribution in [1.82, 2.24) is 9.97 Å². The molecule has 0 radical (unpaired) electrons. The highest BCUT2D eigenvalue weighted by atomic mass is 35.5. The number of halogens is 1. The second-order valence-electron chi connectivity index (χ2n) is 5.26. The zero-order valence-corrected chi connectivity index (χ0v) is 12.1. The molecule has 2 heterocycles. The van der Waals surface area contributed by atoms with Crippen molar-refractivity contribution in [2.75, 3.05) is 12.5 Å². The molecule has 1 aromatic heterocycles. The van der Waals surface area contributed by atoms with E-state index in [1.165, 1.54) is 0 Å². The monoisotopic (exact) mass is 303 g/mol. The summed E-state index contributed by atoms with van der Waals surface area (Å²) in [6.45, 7) is 0.186. The Labute approximate surface area is 127 Å². The van der Waals surface area contributed by atoms with E-state index >= 15 is 0 Å². The maximum atomic E-state index is 6.22. The van der Waals surface area contributed by atoms with Gasteiger partial charge in [0.1, 0.15) is 5.82 Å². The van der Waals surface area contributed by atoms with E-state index < -0.39 is 0 Å². The summed E-state index contributed by atoms with van der Waals surface area (Å²) in [6, 6.07) is 3.64. The standard InChI is InChI=1S/C15H14ClN3O2/c16-10-5-8(6-12-13(10)21-7-20-12)15-18-11-4-2-1-3-9(11)14(17)19-15/h5-6H,1-4,7H2,(H2,17,18,19). The summed E-state index contributed by atoms with van der Waals surface area (Å²) < 4.78 is 10.7. The molecule has 2 aliphatic rings. The van der Waals surface area contributed by atoms with Gasteiger partial charge in [-0.2, -0.15) is 0 Å². The summed E-state index contributed by atoms with van der Waals surface area (Å²) in [5, 5.41) is 0.500. The SMILES string of the molecule is Nc1nc(-c2cc(Cl)c3c(c2)OCO3)nc2c1CCCC2. The third kappa shape index (κ3) is 2.08. The maximum Gasteiger partial charge on any atom is 0.231 e. The van der Waals surface area contributed by atoms with Gasteiger partial charge in [0.2, 0.25) is 6.79 Å². The van der Waals surface area contributed by atoms with Gasteiger partial charge in [-0.05, 0) is 37.8 Å². The third-order valence-corrected chi connectivity index (χ3v) is 4.18. The second kappa shape index (κ2) is 4.77. The van der Waals surface area contributed by atoms with Crippen LogP contribution in [0.25, 0.3) is 11.4 Å². The number of rotatable bonds is 1.